The van der Waals surface area contributed by atoms with Gasteiger partial charge in [0.25, 0.3) is 0 Å². The fraction of sp³-hybridized carbons (Fsp3) is 0.455. The third-order valence-electron chi connectivity index (χ3n) is 2.26. The lowest BCUT2D eigenvalue weighted by atomic mass is 10.1. The summed E-state index contributed by atoms with van der Waals surface area (Å²) in [4.78, 5) is 11.6. The summed E-state index contributed by atoms with van der Waals surface area (Å²) in [5, 5.41) is 4.02. The minimum atomic E-state index is 0.130. The highest BCUT2D eigenvalue weighted by Gasteiger charge is 2.11. The Morgan fingerprint density at radius 2 is 2.43 bits per heavy atom. The molecular formula is C11H14N2O. The number of rotatable bonds is 4. The molecule has 1 aromatic rings. The number of aromatic nitrogens is 2. The van der Waals surface area contributed by atoms with Crippen LogP contribution >= 0.6 is 0 Å². The van der Waals surface area contributed by atoms with Gasteiger partial charge in [-0.1, -0.05) is 0 Å². The van der Waals surface area contributed by atoms with E-state index in [2.05, 4.69) is 11.0 Å². The Kier molecular flexibility index (Phi) is 3.47. The smallest absolute Gasteiger partial charge is 0.166 e. The van der Waals surface area contributed by atoms with Gasteiger partial charge in [0.1, 0.15) is 0 Å². The van der Waals surface area contributed by atoms with E-state index >= 15 is 0 Å². The monoisotopic (exact) mass is 190 g/mol. The van der Waals surface area contributed by atoms with Crippen molar-refractivity contribution in [2.75, 3.05) is 0 Å². The van der Waals surface area contributed by atoms with Crippen LogP contribution in [0.25, 0.3) is 0 Å². The Bertz CT molecular complexity index is 371. The molecule has 0 radical (unpaired) electrons. The lowest BCUT2D eigenvalue weighted by molar-refractivity contribution is 0.0980. The lowest BCUT2D eigenvalue weighted by Gasteiger charge is -1.98. The predicted molar refractivity (Wildman–Crippen MR) is 55.0 cm³/mol. The first-order valence-corrected chi connectivity index (χ1v) is 4.62. The van der Waals surface area contributed by atoms with Crippen molar-refractivity contribution in [3.63, 3.8) is 0 Å². The van der Waals surface area contributed by atoms with Gasteiger partial charge in [-0.3, -0.25) is 9.48 Å². The third-order valence-corrected chi connectivity index (χ3v) is 2.26. The normalized spacial score (nSPS) is 9.79. The van der Waals surface area contributed by atoms with E-state index in [-0.39, 0.29) is 5.78 Å². The summed E-state index contributed by atoms with van der Waals surface area (Å²) in [6, 6.07) is 0. The van der Waals surface area contributed by atoms with Crippen molar-refractivity contribution >= 4 is 5.78 Å². The zero-order valence-electron chi connectivity index (χ0n) is 8.58. The van der Waals surface area contributed by atoms with Crippen molar-refractivity contribution < 1.29 is 4.79 Å². The Balaban J connectivity index is 2.62. The lowest BCUT2D eigenvalue weighted by Crippen LogP contribution is -2.01. The van der Waals surface area contributed by atoms with Crippen LogP contribution in [-0.4, -0.2) is 15.6 Å². The topological polar surface area (TPSA) is 34.9 Å². The van der Waals surface area contributed by atoms with Crippen LogP contribution < -0.4 is 0 Å². The van der Waals surface area contributed by atoms with E-state index in [1.807, 2.05) is 14.0 Å². The third kappa shape index (κ3) is 2.23. The first-order valence-electron chi connectivity index (χ1n) is 4.62. The molecule has 0 amide bonds. The molecule has 14 heavy (non-hydrogen) atoms. The summed E-state index contributed by atoms with van der Waals surface area (Å²) in [7, 11) is 1.83. The van der Waals surface area contributed by atoms with E-state index in [4.69, 9.17) is 6.42 Å². The maximum atomic E-state index is 11.6. The van der Waals surface area contributed by atoms with E-state index in [1.165, 1.54) is 0 Å². The highest BCUT2D eigenvalue weighted by Crippen LogP contribution is 2.10. The molecule has 74 valence electrons. The molecule has 1 heterocycles. The van der Waals surface area contributed by atoms with Crippen LogP contribution in [0.2, 0.25) is 0 Å². The average Bonchev–Trinajstić information content (AvgIpc) is 2.48. The Morgan fingerprint density at radius 3 is 2.93 bits per heavy atom. The number of Topliss-reactive ketones (excluding diaryl/α,β-unsaturated/α-hetero) is 1. The standard InChI is InChI=1S/C11H14N2O/c1-4-5-6-7-11(14)10-8-12-13(3)9(10)2/h1,8H,5-7H2,2-3H3. The van der Waals surface area contributed by atoms with Gasteiger partial charge in [0.05, 0.1) is 11.8 Å². The van der Waals surface area contributed by atoms with Crippen molar-refractivity contribution in [1.29, 1.82) is 0 Å². The second kappa shape index (κ2) is 4.61. The van der Waals surface area contributed by atoms with E-state index in [9.17, 15) is 4.79 Å². The van der Waals surface area contributed by atoms with Crippen LogP contribution in [0.15, 0.2) is 6.20 Å². The second-order valence-electron chi connectivity index (χ2n) is 3.25. The maximum Gasteiger partial charge on any atom is 0.166 e. The largest absolute Gasteiger partial charge is 0.294 e. The number of unbranched alkanes of at least 4 members (excludes halogenated alkanes) is 1. The fourth-order valence-electron chi connectivity index (χ4n) is 1.26. The average molecular weight is 190 g/mol. The molecule has 0 saturated heterocycles. The summed E-state index contributed by atoms with van der Waals surface area (Å²) in [5.74, 6) is 2.65. The molecule has 3 heteroatoms. The van der Waals surface area contributed by atoms with Gasteiger partial charge in [0.15, 0.2) is 5.78 Å². The minimum Gasteiger partial charge on any atom is -0.294 e. The van der Waals surface area contributed by atoms with Crippen molar-refractivity contribution in [1.82, 2.24) is 9.78 Å². The van der Waals surface area contributed by atoms with Gasteiger partial charge >= 0.3 is 0 Å². The number of nitrogens with zero attached hydrogens (tertiary/aromatic N) is 2. The number of hydrogen-bond donors (Lipinski definition) is 0. The van der Waals surface area contributed by atoms with Gasteiger partial charge in [0.2, 0.25) is 0 Å². The molecule has 1 rings (SSSR count). The fourth-order valence-corrected chi connectivity index (χ4v) is 1.26. The zero-order valence-corrected chi connectivity index (χ0v) is 8.58. The number of hydrogen-bond acceptors (Lipinski definition) is 2. The quantitative estimate of drug-likeness (QED) is 0.411. The number of terminal acetylenes is 1. The molecule has 0 spiro atoms. The van der Waals surface area contributed by atoms with Crippen LogP contribution in [0.3, 0.4) is 0 Å². The minimum absolute atomic E-state index is 0.130. The van der Waals surface area contributed by atoms with E-state index < -0.39 is 0 Å². The van der Waals surface area contributed by atoms with Gasteiger partial charge in [0, 0.05) is 25.6 Å². The Hall–Kier alpha value is -1.56. The number of ketones is 1. The number of carbonyl (C=O) groups is 1. The van der Waals surface area contributed by atoms with Gasteiger partial charge in [-0.15, -0.1) is 12.3 Å². The van der Waals surface area contributed by atoms with Crippen LogP contribution in [0.5, 0.6) is 0 Å². The van der Waals surface area contributed by atoms with Crippen LogP contribution in [-0.2, 0) is 7.05 Å². The van der Waals surface area contributed by atoms with Gasteiger partial charge < -0.3 is 0 Å². The molecule has 3 nitrogen and oxygen atoms in total. The van der Waals surface area contributed by atoms with Gasteiger partial charge in [-0.2, -0.15) is 5.10 Å². The number of aryl methyl sites for hydroxylation is 1. The summed E-state index contributed by atoms with van der Waals surface area (Å²) in [6.07, 6.45) is 8.65. The predicted octanol–water partition coefficient (Wildman–Crippen LogP) is 1.71. The summed E-state index contributed by atoms with van der Waals surface area (Å²) >= 11 is 0. The molecule has 0 fully saturated rings. The second-order valence-corrected chi connectivity index (χ2v) is 3.25. The molecule has 0 atom stereocenters. The maximum absolute atomic E-state index is 11.6. The molecule has 0 aliphatic carbocycles. The first-order chi connectivity index (χ1) is 6.66. The zero-order chi connectivity index (χ0) is 10.6. The molecule has 0 unspecified atom stereocenters. The van der Waals surface area contributed by atoms with Crippen LogP contribution in [0.1, 0.15) is 35.3 Å². The summed E-state index contributed by atoms with van der Waals surface area (Å²) in [6.45, 7) is 1.89. The number of carbonyl (C=O) groups excluding carboxylic acids is 1. The van der Waals surface area contributed by atoms with E-state index in [1.54, 1.807) is 10.9 Å². The SMILES string of the molecule is C#CCCCC(=O)c1cnn(C)c1C. The van der Waals surface area contributed by atoms with E-state index in [0.717, 1.165) is 12.1 Å². The molecule has 1 aromatic heterocycles. The van der Waals surface area contributed by atoms with Crippen molar-refractivity contribution in [2.24, 2.45) is 7.05 Å². The van der Waals surface area contributed by atoms with Crippen LogP contribution in [0, 0.1) is 19.3 Å². The van der Waals surface area contributed by atoms with E-state index in [0.29, 0.717) is 18.4 Å². The molecule has 0 aliphatic heterocycles. The first kappa shape index (κ1) is 10.5. The molecule has 0 aliphatic rings. The Labute approximate surface area is 84.1 Å². The molecule has 0 saturated carbocycles. The molecular weight excluding hydrogens is 176 g/mol. The van der Waals surface area contributed by atoms with Gasteiger partial charge in [-0.05, 0) is 13.3 Å². The summed E-state index contributed by atoms with van der Waals surface area (Å²) in [5.41, 5.74) is 1.63. The molecule has 0 bridgehead atoms. The summed E-state index contributed by atoms with van der Waals surface area (Å²) < 4.78 is 1.70. The Morgan fingerprint density at radius 1 is 1.71 bits per heavy atom. The highest BCUT2D eigenvalue weighted by molar-refractivity contribution is 5.96. The van der Waals surface area contributed by atoms with Gasteiger partial charge in [-0.25, -0.2) is 0 Å². The van der Waals surface area contributed by atoms with Crippen molar-refractivity contribution in [3.8, 4) is 12.3 Å². The molecule has 0 N–H and O–H groups in total. The van der Waals surface area contributed by atoms with Crippen molar-refractivity contribution in [2.45, 2.75) is 26.2 Å². The van der Waals surface area contributed by atoms with Crippen molar-refractivity contribution in [3.05, 3.63) is 17.5 Å². The van der Waals surface area contributed by atoms with Crippen LogP contribution in [0.4, 0.5) is 0 Å². The molecule has 0 aromatic carbocycles. The highest BCUT2D eigenvalue weighted by atomic mass is 16.1.